The van der Waals surface area contributed by atoms with Crippen LogP contribution in [0.5, 0.6) is 0 Å². The van der Waals surface area contributed by atoms with Gasteiger partial charge < -0.3 is 15.2 Å². The van der Waals surface area contributed by atoms with Gasteiger partial charge >= 0.3 is 5.97 Å². The third kappa shape index (κ3) is 2.27. The maximum atomic E-state index is 12.3. The average Bonchev–Trinajstić information content (AvgIpc) is 3.01. The van der Waals surface area contributed by atoms with Gasteiger partial charge in [-0.3, -0.25) is 9.59 Å². The summed E-state index contributed by atoms with van der Waals surface area (Å²) in [6.45, 7) is 0. The van der Waals surface area contributed by atoms with Crippen LogP contribution in [-0.4, -0.2) is 29.2 Å². The van der Waals surface area contributed by atoms with E-state index in [1.165, 1.54) is 0 Å². The van der Waals surface area contributed by atoms with Gasteiger partial charge in [-0.1, -0.05) is 11.6 Å². The molecule has 2 heterocycles. The molecule has 6 heteroatoms. The van der Waals surface area contributed by atoms with Crippen molar-refractivity contribution in [3.8, 4) is 0 Å². The van der Waals surface area contributed by atoms with Gasteiger partial charge in [0.05, 0.1) is 24.0 Å². The van der Waals surface area contributed by atoms with Crippen molar-refractivity contribution < 1.29 is 19.4 Å². The highest BCUT2D eigenvalue weighted by Crippen LogP contribution is 2.44. The number of hydrogen-bond acceptors (Lipinski definition) is 3. The van der Waals surface area contributed by atoms with Crippen LogP contribution in [-0.2, 0) is 14.3 Å². The van der Waals surface area contributed by atoms with E-state index in [0.717, 1.165) is 6.42 Å². The molecule has 0 unspecified atom stereocenters. The molecule has 2 fully saturated rings. The van der Waals surface area contributed by atoms with E-state index in [1.807, 2.05) is 0 Å². The van der Waals surface area contributed by atoms with Crippen molar-refractivity contribution >= 4 is 29.2 Å². The molecular formula is C14H14ClNO4. The van der Waals surface area contributed by atoms with Crippen molar-refractivity contribution in [3.63, 3.8) is 0 Å². The molecule has 2 aliphatic rings. The zero-order valence-electron chi connectivity index (χ0n) is 10.6. The van der Waals surface area contributed by atoms with Gasteiger partial charge in [-0.2, -0.15) is 0 Å². The number of ether oxygens (including phenoxy) is 1. The Morgan fingerprint density at radius 3 is 2.35 bits per heavy atom. The van der Waals surface area contributed by atoms with Gasteiger partial charge in [0.25, 0.3) is 0 Å². The Labute approximate surface area is 120 Å². The average molecular weight is 296 g/mol. The fourth-order valence-electron chi connectivity index (χ4n) is 3.08. The van der Waals surface area contributed by atoms with E-state index in [2.05, 4.69) is 5.32 Å². The number of halogens is 1. The molecule has 5 nitrogen and oxygen atoms in total. The van der Waals surface area contributed by atoms with Crippen LogP contribution < -0.4 is 5.32 Å². The third-order valence-corrected chi connectivity index (χ3v) is 4.22. The zero-order valence-corrected chi connectivity index (χ0v) is 11.3. The molecule has 2 N–H and O–H groups in total. The quantitative estimate of drug-likeness (QED) is 0.896. The predicted octanol–water partition coefficient (Wildman–Crippen LogP) is 2.16. The number of carbonyl (C=O) groups is 2. The Balaban J connectivity index is 1.76. The Morgan fingerprint density at radius 1 is 1.15 bits per heavy atom. The fourth-order valence-corrected chi connectivity index (χ4v) is 3.21. The van der Waals surface area contributed by atoms with Crippen LogP contribution in [0.3, 0.4) is 0 Å². The van der Waals surface area contributed by atoms with E-state index in [-0.39, 0.29) is 18.1 Å². The molecule has 1 amide bonds. The van der Waals surface area contributed by atoms with Gasteiger partial charge in [-0.25, -0.2) is 0 Å². The Morgan fingerprint density at radius 2 is 1.75 bits per heavy atom. The van der Waals surface area contributed by atoms with E-state index in [1.54, 1.807) is 24.3 Å². The maximum absolute atomic E-state index is 12.3. The molecule has 2 saturated heterocycles. The normalized spacial score (nSPS) is 31.2. The second kappa shape index (κ2) is 5.07. The summed E-state index contributed by atoms with van der Waals surface area (Å²) in [5, 5.41) is 12.6. The minimum Gasteiger partial charge on any atom is -0.481 e. The molecule has 20 heavy (non-hydrogen) atoms. The van der Waals surface area contributed by atoms with Gasteiger partial charge in [0, 0.05) is 10.7 Å². The maximum Gasteiger partial charge on any atom is 0.310 e. The number of hydrogen-bond donors (Lipinski definition) is 2. The van der Waals surface area contributed by atoms with Crippen molar-refractivity contribution in [2.75, 3.05) is 5.32 Å². The first kappa shape index (κ1) is 13.4. The van der Waals surface area contributed by atoms with Crippen molar-refractivity contribution in [1.82, 2.24) is 0 Å². The van der Waals surface area contributed by atoms with Crippen LogP contribution in [0.4, 0.5) is 5.69 Å². The number of benzene rings is 1. The van der Waals surface area contributed by atoms with Crippen LogP contribution >= 0.6 is 11.6 Å². The van der Waals surface area contributed by atoms with E-state index in [0.29, 0.717) is 17.1 Å². The summed E-state index contributed by atoms with van der Waals surface area (Å²) in [6.07, 6.45) is 0.839. The lowest BCUT2D eigenvalue weighted by Gasteiger charge is -2.23. The number of fused-ring (bicyclic) bond motifs is 2. The summed E-state index contributed by atoms with van der Waals surface area (Å²) in [4.78, 5) is 23.6. The smallest absolute Gasteiger partial charge is 0.310 e. The first-order valence-corrected chi connectivity index (χ1v) is 6.89. The first-order chi connectivity index (χ1) is 9.56. The molecule has 3 rings (SSSR count). The Kier molecular flexibility index (Phi) is 3.40. The second-order valence-corrected chi connectivity index (χ2v) is 5.61. The topological polar surface area (TPSA) is 75.6 Å². The summed E-state index contributed by atoms with van der Waals surface area (Å²) in [7, 11) is 0. The van der Waals surface area contributed by atoms with Crippen LogP contribution in [0.1, 0.15) is 12.8 Å². The van der Waals surface area contributed by atoms with Crippen molar-refractivity contribution in [2.45, 2.75) is 25.0 Å². The predicted molar refractivity (Wildman–Crippen MR) is 72.6 cm³/mol. The summed E-state index contributed by atoms with van der Waals surface area (Å²) < 4.78 is 5.57. The molecule has 4 atom stereocenters. The first-order valence-electron chi connectivity index (χ1n) is 6.51. The minimum absolute atomic E-state index is 0.284. The summed E-state index contributed by atoms with van der Waals surface area (Å²) in [5.74, 6) is -2.64. The van der Waals surface area contributed by atoms with Crippen LogP contribution in [0, 0.1) is 11.8 Å². The molecule has 1 aromatic rings. The highest BCUT2D eigenvalue weighted by Gasteiger charge is 2.55. The lowest BCUT2D eigenvalue weighted by Crippen LogP contribution is -2.40. The third-order valence-electron chi connectivity index (χ3n) is 3.97. The van der Waals surface area contributed by atoms with Gasteiger partial charge in [-0.05, 0) is 37.1 Å². The number of rotatable bonds is 3. The van der Waals surface area contributed by atoms with Crippen molar-refractivity contribution in [2.24, 2.45) is 11.8 Å². The molecule has 0 aliphatic carbocycles. The number of carboxylic acid groups (broad SMARTS) is 1. The number of amides is 1. The van der Waals surface area contributed by atoms with Crippen LogP contribution in [0.2, 0.25) is 5.02 Å². The van der Waals surface area contributed by atoms with E-state index < -0.39 is 17.8 Å². The largest absolute Gasteiger partial charge is 0.481 e. The Bertz CT molecular complexity index is 545. The molecule has 106 valence electrons. The van der Waals surface area contributed by atoms with E-state index in [4.69, 9.17) is 16.3 Å². The number of carbonyl (C=O) groups excluding carboxylic acids is 1. The molecule has 2 aliphatic heterocycles. The number of aliphatic carboxylic acids is 1. The van der Waals surface area contributed by atoms with Gasteiger partial charge in [0.2, 0.25) is 5.91 Å². The molecule has 0 aromatic heterocycles. The monoisotopic (exact) mass is 295 g/mol. The van der Waals surface area contributed by atoms with Gasteiger partial charge in [0.1, 0.15) is 0 Å². The van der Waals surface area contributed by atoms with E-state index in [9.17, 15) is 14.7 Å². The van der Waals surface area contributed by atoms with Crippen LogP contribution in [0.25, 0.3) is 0 Å². The number of carboxylic acids is 1. The summed E-state index contributed by atoms with van der Waals surface area (Å²) >= 11 is 5.78. The summed E-state index contributed by atoms with van der Waals surface area (Å²) in [5.41, 5.74) is 0.603. The fraction of sp³-hybridized carbons (Fsp3) is 0.429. The number of nitrogens with one attached hydrogen (secondary N) is 1. The minimum atomic E-state index is -0.964. The molecule has 0 spiro atoms. The highest BCUT2D eigenvalue weighted by molar-refractivity contribution is 6.30. The molecule has 2 bridgehead atoms. The molecule has 0 saturated carbocycles. The SMILES string of the molecule is O=C(O)[C@@H]1[C@H](C(=O)Nc2ccc(Cl)cc2)[C@H]2CC[C@H]1O2. The van der Waals surface area contributed by atoms with E-state index >= 15 is 0 Å². The second-order valence-electron chi connectivity index (χ2n) is 5.18. The number of anilines is 1. The van der Waals surface area contributed by atoms with Crippen molar-refractivity contribution in [3.05, 3.63) is 29.3 Å². The van der Waals surface area contributed by atoms with Gasteiger partial charge in [-0.15, -0.1) is 0 Å². The summed E-state index contributed by atoms with van der Waals surface area (Å²) in [6, 6.07) is 6.71. The molecule has 1 aromatic carbocycles. The molecule has 0 radical (unpaired) electrons. The lowest BCUT2D eigenvalue weighted by molar-refractivity contribution is -0.147. The standard InChI is InChI=1S/C14H14ClNO4/c15-7-1-3-8(4-2-7)16-13(17)11-9-5-6-10(20-9)12(11)14(18)19/h1-4,9-12H,5-6H2,(H,16,17)(H,18,19)/t9-,10-,11-,12+/m1/s1. The Hall–Kier alpha value is -1.59. The highest BCUT2D eigenvalue weighted by atomic mass is 35.5. The van der Waals surface area contributed by atoms with Crippen LogP contribution in [0.15, 0.2) is 24.3 Å². The van der Waals surface area contributed by atoms with Gasteiger partial charge in [0.15, 0.2) is 0 Å². The van der Waals surface area contributed by atoms with Crippen molar-refractivity contribution in [1.29, 1.82) is 0 Å². The lowest BCUT2D eigenvalue weighted by atomic mass is 9.78. The zero-order chi connectivity index (χ0) is 14.3. The molecular weight excluding hydrogens is 282 g/mol.